The molecule has 0 saturated carbocycles. The Hall–Kier alpha value is 1.27. The summed E-state index contributed by atoms with van der Waals surface area (Å²) in [6.07, 6.45) is -0.567. The van der Waals surface area contributed by atoms with Crippen molar-refractivity contribution in [3.63, 3.8) is 0 Å². The van der Waals surface area contributed by atoms with Crippen LogP contribution in [0.4, 0.5) is 0 Å². The monoisotopic (exact) mass is 384 g/mol. The van der Waals surface area contributed by atoms with E-state index in [0.717, 1.165) is 0 Å². The van der Waals surface area contributed by atoms with Crippen LogP contribution in [0.3, 0.4) is 0 Å². The Morgan fingerprint density at radius 2 is 1.31 bits per heavy atom. The second-order valence-electron chi connectivity index (χ2n) is 2.14. The zero-order chi connectivity index (χ0) is 8.85. The van der Waals surface area contributed by atoms with Crippen LogP contribution in [0.25, 0.3) is 11.5 Å². The van der Waals surface area contributed by atoms with Crippen molar-refractivity contribution >= 4 is 11.8 Å². The molecule has 0 heterocycles. The first-order chi connectivity index (χ1) is 5.11. The van der Waals surface area contributed by atoms with Crippen LogP contribution in [0.5, 0.6) is 0 Å². The Labute approximate surface area is 149 Å². The predicted octanol–water partition coefficient (Wildman–Crippen LogP) is 2.65. The first-order valence-corrected chi connectivity index (χ1v) is 3.15. The molecule has 0 atom stereocenters. The van der Waals surface area contributed by atoms with E-state index in [9.17, 15) is 9.59 Å². The van der Waals surface area contributed by atoms with Crippen molar-refractivity contribution in [1.29, 1.82) is 0 Å². The third-order valence-electron chi connectivity index (χ3n) is 1.27. The van der Waals surface area contributed by atoms with Crippen molar-refractivity contribution in [3.8, 4) is 0 Å². The number of hydrogen-bond acceptors (Lipinski definition) is 2. The number of hydrogen-bond donors (Lipinski definition) is 1. The van der Waals surface area contributed by atoms with Crippen LogP contribution < -0.4 is 0 Å². The van der Waals surface area contributed by atoms with Crippen molar-refractivity contribution in [2.75, 3.05) is 13.1 Å². The second kappa shape index (κ2) is 21.5. The van der Waals surface area contributed by atoms with E-state index in [1.807, 2.05) is 0 Å². The topological polar surface area (TPSA) is 102 Å². The van der Waals surface area contributed by atoms with Gasteiger partial charge in [0, 0.05) is 65.4 Å². The van der Waals surface area contributed by atoms with Gasteiger partial charge in [-0.2, -0.15) is 0 Å². The fourth-order valence-electron chi connectivity index (χ4n) is 0.593. The van der Waals surface area contributed by atoms with Gasteiger partial charge in [-0.15, -0.1) is 13.1 Å². The zero-order valence-electron chi connectivity index (χ0n) is 7.12. The molecule has 94 valence electrons. The molecule has 0 aliphatic heterocycles. The zero-order valence-corrected chi connectivity index (χ0v) is 12.8. The number of nitrogens with one attached hydrogen (secondary N) is 2. The maximum Gasteiger partial charge on any atom is 0.310 e. The van der Waals surface area contributed by atoms with Crippen LogP contribution in [-0.2, 0) is 75.0 Å². The maximum absolute atomic E-state index is 10.8. The summed E-state index contributed by atoms with van der Waals surface area (Å²) in [7, 11) is 0. The molecule has 3 N–H and O–H groups in total. The molecule has 0 aliphatic carbocycles. The van der Waals surface area contributed by atoms with Gasteiger partial charge in [-0.1, -0.05) is 22.3 Å². The molecule has 0 aliphatic rings. The normalized spacial score (nSPS) is 6.94. The van der Waals surface area contributed by atoms with Crippen molar-refractivity contribution in [2.24, 2.45) is 5.92 Å². The SMILES string of the molecule is C.C.C.[NH-]CC(C[NH-])C(=O)CC(=O)O.[Y].[Y]. The van der Waals surface area contributed by atoms with Gasteiger partial charge in [0.25, 0.3) is 0 Å². The van der Waals surface area contributed by atoms with Gasteiger partial charge in [0.05, 0.1) is 0 Å². The standard InChI is InChI=1S/C6H10N2O3.3CH4.2Y/c7-2-4(3-8)5(9)1-6(10)11;;;;;/h4,7-8H,1-3H2,(H,10,11);3*1H4;;/q-2;;;;;. The summed E-state index contributed by atoms with van der Waals surface area (Å²) in [5, 5.41) is 8.18. The molecule has 0 spiro atoms. The van der Waals surface area contributed by atoms with Crippen molar-refractivity contribution in [2.45, 2.75) is 28.7 Å². The Morgan fingerprint density at radius 3 is 1.50 bits per heavy atom. The van der Waals surface area contributed by atoms with Gasteiger partial charge in [-0.25, -0.2) is 0 Å². The molecule has 16 heavy (non-hydrogen) atoms. The van der Waals surface area contributed by atoms with E-state index in [0.29, 0.717) is 0 Å². The minimum atomic E-state index is -1.19. The summed E-state index contributed by atoms with van der Waals surface area (Å²) in [6, 6.07) is 0. The molecule has 0 aromatic rings. The molecule has 0 aromatic heterocycles. The Kier molecular flexibility index (Phi) is 48.5. The average Bonchev–Trinajstić information content (AvgIpc) is 1.88. The Morgan fingerprint density at radius 1 is 1.00 bits per heavy atom. The number of carboxylic acids is 1. The smallest absolute Gasteiger partial charge is 0.310 e. The van der Waals surface area contributed by atoms with Crippen molar-refractivity contribution in [3.05, 3.63) is 11.5 Å². The number of Topliss-reactive ketones (excluding diaryl/α,β-unsaturated/α-hetero) is 1. The van der Waals surface area contributed by atoms with E-state index < -0.39 is 24.1 Å². The number of carbonyl (C=O) groups is 2. The number of ketones is 1. The summed E-state index contributed by atoms with van der Waals surface area (Å²) >= 11 is 0. The molecule has 0 amide bonds. The van der Waals surface area contributed by atoms with E-state index >= 15 is 0 Å². The third kappa shape index (κ3) is 17.7. The molecule has 2 radical (unpaired) electrons. The largest absolute Gasteiger partial charge is 0.677 e. The summed E-state index contributed by atoms with van der Waals surface area (Å²) in [5.74, 6) is -2.45. The second-order valence-corrected chi connectivity index (χ2v) is 2.14. The maximum atomic E-state index is 10.8. The molecule has 0 fully saturated rings. The average molecular weight is 384 g/mol. The number of carbonyl (C=O) groups excluding carboxylic acids is 1. The van der Waals surface area contributed by atoms with E-state index in [1.165, 1.54) is 0 Å². The summed E-state index contributed by atoms with van der Waals surface area (Å²) in [4.78, 5) is 20.8. The Balaban J connectivity index is -0.0000000500. The first-order valence-electron chi connectivity index (χ1n) is 3.15. The summed E-state index contributed by atoms with van der Waals surface area (Å²) in [6.45, 7) is -0.398. The van der Waals surface area contributed by atoms with Gasteiger partial charge < -0.3 is 16.6 Å². The molecular weight excluding hydrogens is 362 g/mol. The van der Waals surface area contributed by atoms with Gasteiger partial charge in [0.15, 0.2) is 0 Å². The van der Waals surface area contributed by atoms with Crippen LogP contribution in [-0.4, -0.2) is 29.9 Å². The summed E-state index contributed by atoms with van der Waals surface area (Å²) < 4.78 is 0. The van der Waals surface area contributed by atoms with Gasteiger partial charge in [0.2, 0.25) is 0 Å². The van der Waals surface area contributed by atoms with E-state index in [-0.39, 0.29) is 101 Å². The molecule has 0 saturated heterocycles. The minimum absolute atomic E-state index is 0. The van der Waals surface area contributed by atoms with Crippen LogP contribution in [0, 0.1) is 5.92 Å². The molecule has 0 bridgehead atoms. The van der Waals surface area contributed by atoms with Gasteiger partial charge in [-0.05, 0) is 5.92 Å². The molecular formula is C9H22N2O3Y2-2. The third-order valence-corrected chi connectivity index (χ3v) is 1.27. The van der Waals surface area contributed by atoms with Crippen molar-refractivity contribution in [1.82, 2.24) is 0 Å². The number of carboxylic acid groups (broad SMARTS) is 1. The molecule has 0 rings (SSSR count). The van der Waals surface area contributed by atoms with Crippen LogP contribution in [0.2, 0.25) is 0 Å². The van der Waals surface area contributed by atoms with Gasteiger partial charge >= 0.3 is 5.97 Å². The van der Waals surface area contributed by atoms with Gasteiger partial charge in [-0.3, -0.25) is 9.59 Å². The fraction of sp³-hybridized carbons (Fsp3) is 0.778. The summed E-state index contributed by atoms with van der Waals surface area (Å²) in [5.41, 5.74) is 13.6. The predicted molar refractivity (Wildman–Crippen MR) is 59.3 cm³/mol. The minimum Gasteiger partial charge on any atom is -0.677 e. The molecule has 0 unspecified atom stereocenters. The fourth-order valence-corrected chi connectivity index (χ4v) is 0.593. The molecule has 7 heteroatoms. The first kappa shape index (κ1) is 36.0. The van der Waals surface area contributed by atoms with E-state index in [2.05, 4.69) is 0 Å². The quantitative estimate of drug-likeness (QED) is 0.738. The molecule has 5 nitrogen and oxygen atoms in total. The van der Waals surface area contributed by atoms with E-state index in [4.69, 9.17) is 16.6 Å². The number of rotatable bonds is 5. The van der Waals surface area contributed by atoms with Gasteiger partial charge in [0.1, 0.15) is 12.2 Å². The number of aliphatic carboxylic acids is 1. The van der Waals surface area contributed by atoms with Crippen molar-refractivity contribution < 1.29 is 80.1 Å². The van der Waals surface area contributed by atoms with E-state index in [1.54, 1.807) is 0 Å². The Bertz CT molecular complexity index is 165. The molecule has 0 aromatic carbocycles. The van der Waals surface area contributed by atoms with Crippen LogP contribution in [0.1, 0.15) is 28.7 Å². The van der Waals surface area contributed by atoms with Crippen LogP contribution in [0.15, 0.2) is 0 Å². The van der Waals surface area contributed by atoms with Crippen LogP contribution >= 0.6 is 0 Å².